The van der Waals surface area contributed by atoms with Gasteiger partial charge in [0.05, 0.1) is 6.42 Å². The molecule has 0 fully saturated rings. The van der Waals surface area contributed by atoms with Gasteiger partial charge in [-0.15, -0.1) is 11.3 Å². The minimum Gasteiger partial charge on any atom is -0.480 e. The molecule has 0 aliphatic heterocycles. The lowest BCUT2D eigenvalue weighted by Crippen LogP contribution is -2.61. The van der Waals surface area contributed by atoms with E-state index in [1.807, 2.05) is 5.38 Å². The molecule has 1 aromatic heterocycles. The molecule has 20 heteroatoms. The summed E-state index contributed by atoms with van der Waals surface area (Å²) in [4.78, 5) is 121. The van der Waals surface area contributed by atoms with E-state index in [0.717, 1.165) is 4.88 Å². The van der Waals surface area contributed by atoms with Crippen molar-refractivity contribution in [1.29, 1.82) is 0 Å². The van der Waals surface area contributed by atoms with E-state index in [0.29, 0.717) is 30.4 Å². The number of rotatable bonds is 29. The first-order chi connectivity index (χ1) is 32.3. The van der Waals surface area contributed by atoms with Crippen molar-refractivity contribution >= 4 is 64.6 Å². The third kappa shape index (κ3) is 18.9. The Hall–Kier alpha value is -6.67. The van der Waals surface area contributed by atoms with Gasteiger partial charge in [0.2, 0.25) is 47.3 Å². The maximum atomic E-state index is 14.6. The summed E-state index contributed by atoms with van der Waals surface area (Å²) in [6, 6.07) is 12.0. The molecule has 0 aliphatic rings. The summed E-state index contributed by atoms with van der Waals surface area (Å²) in [6.07, 6.45) is 0.469. The van der Waals surface area contributed by atoms with Crippen LogP contribution < -0.4 is 48.7 Å². The number of hydrogen-bond donors (Lipinski definition) is 10. The molecular weight excluding hydrogens is 895 g/mol. The molecule has 0 bridgehead atoms. The highest BCUT2D eigenvalue weighted by molar-refractivity contribution is 7.09. The standard InChI is InChI=1S/C48H67N9O10S/c1-6-29(4)41(48(66)67)57-46(64)38(27-39(50)59)55-42(60)34(21-13-14-22-49)52-43(61)35(24-31-16-9-7-10-17-31)53-44(62)36(25-32-18-11-8-12-19-32)54-45(63)37(26-33-20-15-23-68-33)56-47(65)40(28(2)3)51-30(5)58/h7-12,15-20,23,28-29,34-38,40-41H,6,13-14,21-22,24-27,49H2,1-5H3,(H2,50,59)(H,51,58)(H,52,61)(H,53,62)(H,54,63)(H,55,60)(H,56,65)(H,57,64)(H,66,67)/t29-,34-,35-,36-,37-,38-,40-,41-/m0/s1. The van der Waals surface area contributed by atoms with Crippen LogP contribution in [-0.4, -0.2) is 107 Å². The minimum absolute atomic E-state index is 0.0138. The molecule has 68 heavy (non-hydrogen) atoms. The van der Waals surface area contributed by atoms with E-state index in [2.05, 4.69) is 37.2 Å². The van der Waals surface area contributed by atoms with Crippen molar-refractivity contribution in [3.05, 3.63) is 94.2 Å². The SMILES string of the molecule is CC[C@H](C)[C@H](NC(=O)[C@H](CC(N)=O)NC(=O)[C@H](CCCCN)NC(=O)[C@H](Cc1ccccc1)NC(=O)[C@H](Cc1ccccc1)NC(=O)[C@H](Cc1cccs1)NC(=O)[C@@H](NC(C)=O)C(C)C)C(=O)O. The van der Waals surface area contributed by atoms with E-state index in [9.17, 15) is 48.3 Å². The van der Waals surface area contributed by atoms with Crippen molar-refractivity contribution in [3.63, 3.8) is 0 Å². The van der Waals surface area contributed by atoms with Crippen LogP contribution >= 0.6 is 11.3 Å². The van der Waals surface area contributed by atoms with Crippen LogP contribution in [0.25, 0.3) is 0 Å². The van der Waals surface area contributed by atoms with Gasteiger partial charge in [-0.1, -0.05) is 101 Å². The molecule has 0 saturated carbocycles. The number of aliphatic carboxylic acids is 1. The minimum atomic E-state index is -1.60. The lowest BCUT2D eigenvalue weighted by Gasteiger charge is -2.28. The number of carbonyl (C=O) groups is 9. The number of thiophene rings is 1. The van der Waals surface area contributed by atoms with Crippen LogP contribution in [0, 0.1) is 11.8 Å². The van der Waals surface area contributed by atoms with Gasteiger partial charge >= 0.3 is 5.97 Å². The summed E-state index contributed by atoms with van der Waals surface area (Å²) in [5, 5.41) is 30.1. The van der Waals surface area contributed by atoms with Crippen molar-refractivity contribution < 1.29 is 48.3 Å². The van der Waals surface area contributed by atoms with Gasteiger partial charge in [0.15, 0.2) is 0 Å². The summed E-state index contributed by atoms with van der Waals surface area (Å²) in [5.41, 5.74) is 12.5. The largest absolute Gasteiger partial charge is 0.480 e. The Morgan fingerprint density at radius 1 is 0.574 bits per heavy atom. The van der Waals surface area contributed by atoms with Crippen molar-refractivity contribution in [1.82, 2.24) is 37.2 Å². The smallest absolute Gasteiger partial charge is 0.326 e. The zero-order chi connectivity index (χ0) is 50.3. The predicted octanol–water partition coefficient (Wildman–Crippen LogP) is 0.981. The fourth-order valence-electron chi connectivity index (χ4n) is 7.17. The van der Waals surface area contributed by atoms with E-state index in [1.54, 1.807) is 100 Å². The van der Waals surface area contributed by atoms with Gasteiger partial charge in [-0.2, -0.15) is 0 Å². The molecule has 8 atom stereocenters. The third-order valence-electron chi connectivity index (χ3n) is 11.2. The van der Waals surface area contributed by atoms with Crippen LogP contribution in [0.4, 0.5) is 0 Å². The second kappa shape index (κ2) is 28.5. The van der Waals surface area contributed by atoms with E-state index in [1.165, 1.54) is 18.3 Å². The summed E-state index contributed by atoms with van der Waals surface area (Å²) < 4.78 is 0. The van der Waals surface area contributed by atoms with Crippen molar-refractivity contribution in [2.45, 2.75) is 128 Å². The Morgan fingerprint density at radius 2 is 1.04 bits per heavy atom. The number of carbonyl (C=O) groups excluding carboxylic acids is 8. The Balaban J connectivity index is 1.99. The molecule has 12 N–H and O–H groups in total. The van der Waals surface area contributed by atoms with Crippen molar-refractivity contribution in [3.8, 4) is 0 Å². The first kappa shape index (κ1) is 55.7. The summed E-state index contributed by atoms with van der Waals surface area (Å²) in [7, 11) is 0. The number of nitrogens with two attached hydrogens (primary N) is 2. The number of carboxylic acid groups (broad SMARTS) is 1. The van der Waals surface area contributed by atoms with Gasteiger partial charge < -0.3 is 53.8 Å². The molecule has 370 valence electrons. The first-order valence-corrected chi connectivity index (χ1v) is 23.6. The summed E-state index contributed by atoms with van der Waals surface area (Å²) in [6.45, 7) is 8.40. The summed E-state index contributed by atoms with van der Waals surface area (Å²) in [5.74, 6) is -8.28. The second-order valence-electron chi connectivity index (χ2n) is 17.1. The zero-order valence-electron chi connectivity index (χ0n) is 39.3. The number of amides is 8. The molecule has 3 aromatic rings. The average Bonchev–Trinajstić information content (AvgIpc) is 3.81. The number of benzene rings is 2. The van der Waals surface area contributed by atoms with Crippen molar-refractivity contribution in [2.75, 3.05) is 6.54 Å². The second-order valence-corrected chi connectivity index (χ2v) is 18.1. The number of nitrogens with one attached hydrogen (secondary N) is 7. The average molecular weight is 962 g/mol. The normalized spacial score (nSPS) is 14.6. The maximum absolute atomic E-state index is 14.6. The van der Waals surface area contributed by atoms with Crippen LogP contribution in [0.3, 0.4) is 0 Å². The fraction of sp³-hybridized carbons (Fsp3) is 0.479. The Bertz CT molecular complexity index is 2140. The first-order valence-electron chi connectivity index (χ1n) is 22.7. The molecule has 0 radical (unpaired) electrons. The van der Waals surface area contributed by atoms with Gasteiger partial charge in [0.1, 0.15) is 42.3 Å². The van der Waals surface area contributed by atoms with E-state index >= 15 is 0 Å². The van der Waals surface area contributed by atoms with Crippen molar-refractivity contribution in [2.24, 2.45) is 23.3 Å². The van der Waals surface area contributed by atoms with Gasteiger partial charge in [-0.25, -0.2) is 4.79 Å². The number of unbranched alkanes of at least 4 members (excludes halogenated alkanes) is 1. The molecule has 0 saturated heterocycles. The predicted molar refractivity (Wildman–Crippen MR) is 256 cm³/mol. The van der Waals surface area contributed by atoms with E-state index in [4.69, 9.17) is 11.5 Å². The fourth-order valence-corrected chi connectivity index (χ4v) is 7.92. The summed E-state index contributed by atoms with van der Waals surface area (Å²) >= 11 is 1.36. The highest BCUT2D eigenvalue weighted by atomic mass is 32.1. The van der Waals surface area contributed by atoms with Gasteiger partial charge in [-0.3, -0.25) is 38.4 Å². The lowest BCUT2D eigenvalue weighted by atomic mass is 9.98. The highest BCUT2D eigenvalue weighted by Crippen LogP contribution is 2.15. The van der Waals surface area contributed by atoms with Crippen LogP contribution in [0.15, 0.2) is 78.2 Å². The monoisotopic (exact) mass is 961 g/mol. The molecule has 2 aromatic carbocycles. The lowest BCUT2D eigenvalue weighted by molar-refractivity contribution is -0.144. The van der Waals surface area contributed by atoms with E-state index in [-0.39, 0.29) is 38.1 Å². The van der Waals surface area contributed by atoms with Crippen LogP contribution in [0.2, 0.25) is 0 Å². The topological polar surface area (TPSA) is 310 Å². The molecule has 1 heterocycles. The molecule has 3 rings (SSSR count). The number of primary amides is 1. The Kier molecular flexibility index (Phi) is 23.3. The van der Waals surface area contributed by atoms with Crippen LogP contribution in [-0.2, 0) is 62.4 Å². The molecule has 19 nitrogen and oxygen atoms in total. The van der Waals surface area contributed by atoms with Crippen LogP contribution in [0.5, 0.6) is 0 Å². The van der Waals surface area contributed by atoms with Gasteiger partial charge in [0.25, 0.3) is 0 Å². The number of hydrogen-bond acceptors (Lipinski definition) is 11. The van der Waals surface area contributed by atoms with E-state index < -0.39 is 108 Å². The highest BCUT2D eigenvalue weighted by Gasteiger charge is 2.36. The third-order valence-corrected chi connectivity index (χ3v) is 12.1. The van der Waals surface area contributed by atoms with Gasteiger partial charge in [-0.05, 0) is 60.2 Å². The zero-order valence-corrected chi connectivity index (χ0v) is 40.1. The van der Waals surface area contributed by atoms with Gasteiger partial charge in [0, 0.05) is 31.1 Å². The number of carboxylic acids is 1. The maximum Gasteiger partial charge on any atom is 0.326 e. The quantitative estimate of drug-likeness (QED) is 0.0438. The Labute approximate surface area is 401 Å². The molecular formula is C48H67N9O10S. The Morgan fingerprint density at radius 3 is 1.49 bits per heavy atom. The molecule has 8 amide bonds. The molecule has 0 aliphatic carbocycles. The van der Waals surface area contributed by atoms with Crippen LogP contribution in [0.1, 0.15) is 82.7 Å². The molecule has 0 unspecified atom stereocenters. The molecule has 0 spiro atoms.